The predicted octanol–water partition coefficient (Wildman–Crippen LogP) is 0.502. The van der Waals surface area contributed by atoms with Gasteiger partial charge in [0.15, 0.2) is 0 Å². The van der Waals surface area contributed by atoms with Crippen molar-refractivity contribution in [2.75, 3.05) is 46.3 Å². The first-order valence-corrected chi connectivity index (χ1v) is 11.0. The van der Waals surface area contributed by atoms with Crippen molar-refractivity contribution in [1.82, 2.24) is 19.0 Å². The number of carbonyl (C=O) groups excluding carboxylic acids is 3. The summed E-state index contributed by atoms with van der Waals surface area (Å²) in [5, 5.41) is 0. The zero-order valence-corrected chi connectivity index (χ0v) is 17.5. The summed E-state index contributed by atoms with van der Waals surface area (Å²) in [4.78, 5) is 40.4. The average Bonchev–Trinajstić information content (AvgIpc) is 2.94. The number of benzene rings is 1. The Bertz CT molecular complexity index is 892. The van der Waals surface area contributed by atoms with Crippen molar-refractivity contribution in [2.24, 2.45) is 0 Å². The molecule has 2 aliphatic rings. The number of nitrogens with zero attached hydrogens (tertiary/aromatic N) is 4. The van der Waals surface area contributed by atoms with E-state index in [1.165, 1.54) is 14.1 Å². The van der Waals surface area contributed by atoms with E-state index >= 15 is 0 Å². The monoisotopic (exact) mass is 422 g/mol. The number of carbonyl (C=O) groups is 3. The van der Waals surface area contributed by atoms with Crippen LogP contribution in [-0.2, 0) is 19.6 Å². The molecule has 0 unspecified atom stereocenters. The van der Waals surface area contributed by atoms with Gasteiger partial charge in [0.05, 0.1) is 4.90 Å². The van der Waals surface area contributed by atoms with Gasteiger partial charge in [0.25, 0.3) is 0 Å². The molecule has 10 heteroatoms. The van der Waals surface area contributed by atoms with E-state index in [-0.39, 0.29) is 55.3 Å². The summed E-state index contributed by atoms with van der Waals surface area (Å²) in [6.45, 7) is 3.34. The van der Waals surface area contributed by atoms with Gasteiger partial charge < -0.3 is 9.80 Å². The Morgan fingerprint density at radius 1 is 1.03 bits per heavy atom. The molecule has 4 amide bonds. The molecule has 9 nitrogen and oxygen atoms in total. The van der Waals surface area contributed by atoms with Crippen molar-refractivity contribution in [2.45, 2.75) is 24.7 Å². The molecule has 29 heavy (non-hydrogen) atoms. The average molecular weight is 423 g/mol. The predicted molar refractivity (Wildman–Crippen MR) is 105 cm³/mol. The van der Waals surface area contributed by atoms with E-state index in [9.17, 15) is 22.8 Å². The summed E-state index contributed by atoms with van der Waals surface area (Å²) in [6.07, 6.45) is 0.609. The Labute approximate surface area is 170 Å². The molecule has 0 atom stereocenters. The number of likely N-dealkylation sites (N-methyl/N-ethyl adjacent to an activating group) is 1. The fraction of sp³-hybridized carbons (Fsp3) is 0.526. The van der Waals surface area contributed by atoms with Gasteiger partial charge in [-0.1, -0.05) is 17.7 Å². The van der Waals surface area contributed by atoms with Crippen LogP contribution in [0.3, 0.4) is 0 Å². The van der Waals surface area contributed by atoms with E-state index in [0.717, 1.165) is 5.56 Å². The molecule has 0 N–H and O–H groups in total. The van der Waals surface area contributed by atoms with Crippen molar-refractivity contribution in [3.63, 3.8) is 0 Å². The fourth-order valence-corrected chi connectivity index (χ4v) is 4.89. The number of urea groups is 1. The van der Waals surface area contributed by atoms with E-state index < -0.39 is 10.0 Å². The summed E-state index contributed by atoms with van der Waals surface area (Å²) in [5.74, 6) is -0.343. The third-order valence-electron chi connectivity index (χ3n) is 5.25. The normalized spacial score (nSPS) is 18.6. The molecule has 0 aliphatic carbocycles. The summed E-state index contributed by atoms with van der Waals surface area (Å²) < 4.78 is 26.9. The molecular formula is C19H26N4O5S. The lowest BCUT2D eigenvalue weighted by molar-refractivity contribution is -0.133. The molecule has 3 rings (SSSR count). The van der Waals surface area contributed by atoms with E-state index in [1.807, 2.05) is 6.92 Å². The maximum atomic E-state index is 12.7. The SMILES string of the molecule is Cc1ccc(S(=O)(=O)N2CCN(C(=O)CCCN3C(=O)CN(C)C3=O)CC2)cc1. The standard InChI is InChI=1S/C19H26N4O5S/c1-15-5-7-16(8-6-15)29(27,28)22-12-10-21(11-13-22)17(24)4-3-9-23-18(25)14-20(2)19(23)26/h5-8H,3-4,9-14H2,1-2H3. The van der Waals surface area contributed by atoms with E-state index in [2.05, 4.69) is 0 Å². The minimum absolute atomic E-state index is 0.0736. The lowest BCUT2D eigenvalue weighted by atomic mass is 10.2. The number of imide groups is 1. The lowest BCUT2D eigenvalue weighted by Crippen LogP contribution is -2.50. The van der Waals surface area contributed by atoms with Gasteiger partial charge in [0, 0.05) is 46.2 Å². The van der Waals surface area contributed by atoms with Gasteiger partial charge in [-0.2, -0.15) is 4.31 Å². The Balaban J connectivity index is 1.47. The van der Waals surface area contributed by atoms with Gasteiger partial charge in [-0.25, -0.2) is 13.2 Å². The van der Waals surface area contributed by atoms with Crippen LogP contribution in [0.2, 0.25) is 0 Å². The van der Waals surface area contributed by atoms with E-state index in [1.54, 1.807) is 36.2 Å². The number of rotatable bonds is 6. The van der Waals surface area contributed by atoms with Crippen LogP contribution in [0.15, 0.2) is 29.2 Å². The highest BCUT2D eigenvalue weighted by atomic mass is 32.2. The quantitative estimate of drug-likeness (QED) is 0.622. The molecule has 0 aromatic heterocycles. The van der Waals surface area contributed by atoms with Crippen LogP contribution in [0.5, 0.6) is 0 Å². The second kappa shape index (κ2) is 8.50. The highest BCUT2D eigenvalue weighted by Crippen LogP contribution is 2.19. The first kappa shape index (κ1) is 21.3. The molecule has 158 valence electrons. The molecule has 2 saturated heterocycles. The maximum absolute atomic E-state index is 12.7. The van der Waals surface area contributed by atoms with Gasteiger partial charge in [-0.15, -0.1) is 0 Å². The molecule has 2 fully saturated rings. The van der Waals surface area contributed by atoms with E-state index in [4.69, 9.17) is 0 Å². The molecule has 0 spiro atoms. The topological polar surface area (TPSA) is 98.3 Å². The van der Waals surface area contributed by atoms with Crippen molar-refractivity contribution < 1.29 is 22.8 Å². The van der Waals surface area contributed by atoms with Gasteiger partial charge in [0.1, 0.15) is 6.54 Å². The van der Waals surface area contributed by atoms with Crippen LogP contribution in [0, 0.1) is 6.92 Å². The van der Waals surface area contributed by atoms with Crippen LogP contribution in [0.4, 0.5) is 4.79 Å². The largest absolute Gasteiger partial charge is 0.340 e. The smallest absolute Gasteiger partial charge is 0.326 e. The Morgan fingerprint density at radius 3 is 2.21 bits per heavy atom. The van der Waals surface area contributed by atoms with Crippen LogP contribution in [0.25, 0.3) is 0 Å². The van der Waals surface area contributed by atoms with Crippen molar-refractivity contribution in [1.29, 1.82) is 0 Å². The van der Waals surface area contributed by atoms with Gasteiger partial charge in [-0.05, 0) is 25.5 Å². The number of amides is 4. The first-order valence-electron chi connectivity index (χ1n) is 9.60. The highest BCUT2D eigenvalue weighted by Gasteiger charge is 2.33. The van der Waals surface area contributed by atoms with Gasteiger partial charge >= 0.3 is 6.03 Å². The minimum atomic E-state index is -3.56. The zero-order valence-electron chi connectivity index (χ0n) is 16.7. The zero-order chi connectivity index (χ0) is 21.2. The highest BCUT2D eigenvalue weighted by molar-refractivity contribution is 7.89. The van der Waals surface area contributed by atoms with Crippen LogP contribution in [-0.4, -0.2) is 91.6 Å². The maximum Gasteiger partial charge on any atom is 0.326 e. The molecule has 2 aliphatic heterocycles. The minimum Gasteiger partial charge on any atom is -0.340 e. The number of hydrogen-bond acceptors (Lipinski definition) is 5. The summed E-state index contributed by atoms with van der Waals surface area (Å²) >= 11 is 0. The van der Waals surface area contributed by atoms with Crippen LogP contribution < -0.4 is 0 Å². The number of aryl methyl sites for hydroxylation is 1. The second-order valence-corrected chi connectivity index (χ2v) is 9.32. The van der Waals surface area contributed by atoms with Crippen molar-refractivity contribution >= 4 is 27.9 Å². The summed E-state index contributed by atoms with van der Waals surface area (Å²) in [7, 11) is -2.00. The fourth-order valence-electron chi connectivity index (χ4n) is 3.47. The van der Waals surface area contributed by atoms with Gasteiger partial charge in [-0.3, -0.25) is 14.5 Å². The Kier molecular flexibility index (Phi) is 6.23. The van der Waals surface area contributed by atoms with Crippen molar-refractivity contribution in [3.05, 3.63) is 29.8 Å². The summed E-state index contributed by atoms with van der Waals surface area (Å²) in [6, 6.07) is 6.39. The molecule has 0 bridgehead atoms. The van der Waals surface area contributed by atoms with Gasteiger partial charge in [0.2, 0.25) is 21.8 Å². The van der Waals surface area contributed by atoms with Crippen LogP contribution in [0.1, 0.15) is 18.4 Å². The number of piperazine rings is 1. The third-order valence-corrected chi connectivity index (χ3v) is 7.17. The van der Waals surface area contributed by atoms with Crippen molar-refractivity contribution in [3.8, 4) is 0 Å². The molecule has 2 heterocycles. The lowest BCUT2D eigenvalue weighted by Gasteiger charge is -2.34. The van der Waals surface area contributed by atoms with Crippen LogP contribution >= 0.6 is 0 Å². The Hall–Kier alpha value is -2.46. The summed E-state index contributed by atoms with van der Waals surface area (Å²) in [5.41, 5.74) is 0.989. The number of hydrogen-bond donors (Lipinski definition) is 0. The molecule has 0 saturated carbocycles. The Morgan fingerprint density at radius 2 is 1.66 bits per heavy atom. The second-order valence-electron chi connectivity index (χ2n) is 7.39. The molecule has 0 radical (unpaired) electrons. The number of sulfonamides is 1. The van der Waals surface area contributed by atoms with E-state index in [0.29, 0.717) is 19.5 Å². The molecular weight excluding hydrogens is 396 g/mol. The first-order chi connectivity index (χ1) is 13.7. The third kappa shape index (κ3) is 4.59. The molecule has 1 aromatic carbocycles. The molecule has 1 aromatic rings.